The monoisotopic (exact) mass is 271 g/mol. The third kappa shape index (κ3) is 3.41. The highest BCUT2D eigenvalue weighted by Crippen LogP contribution is 2.18. The number of benzene rings is 1. The van der Waals surface area contributed by atoms with E-state index < -0.39 is 13.0 Å². The minimum Gasteiger partial charge on any atom is -0.488 e. The Labute approximate surface area is 109 Å². The lowest BCUT2D eigenvalue weighted by Crippen LogP contribution is -2.49. The molecule has 104 valence electrons. The second kappa shape index (κ2) is 5.97. The van der Waals surface area contributed by atoms with Gasteiger partial charge in [-0.05, 0) is 18.2 Å². The van der Waals surface area contributed by atoms with Crippen LogP contribution in [0.25, 0.3) is 0 Å². The second-order valence-corrected chi connectivity index (χ2v) is 4.34. The van der Waals surface area contributed by atoms with Gasteiger partial charge in [-0.3, -0.25) is 4.79 Å². The van der Waals surface area contributed by atoms with Crippen LogP contribution in [0.5, 0.6) is 5.75 Å². The number of rotatable bonds is 5. The molecule has 1 aliphatic heterocycles. The lowest BCUT2D eigenvalue weighted by Gasteiger charge is -2.34. The van der Waals surface area contributed by atoms with E-state index in [9.17, 15) is 13.6 Å². The minimum absolute atomic E-state index is 0.0816. The molecule has 1 fully saturated rings. The Morgan fingerprint density at radius 2 is 2.26 bits per heavy atom. The average Bonchev–Trinajstić information content (AvgIpc) is 2.33. The molecule has 0 spiro atoms. The molecular weight excluding hydrogens is 256 g/mol. The molecule has 0 radical (unpaired) electrons. The zero-order valence-electron chi connectivity index (χ0n) is 10.5. The van der Waals surface area contributed by atoms with Crippen molar-refractivity contribution in [1.29, 1.82) is 0 Å². The molecule has 1 aromatic carbocycles. The molecule has 0 aliphatic carbocycles. The highest BCUT2D eigenvalue weighted by molar-refractivity contribution is 5.94. The van der Waals surface area contributed by atoms with E-state index in [1.165, 1.54) is 6.07 Å². The van der Waals surface area contributed by atoms with Gasteiger partial charge in [0.05, 0.1) is 19.3 Å². The van der Waals surface area contributed by atoms with Crippen molar-refractivity contribution in [2.75, 3.05) is 26.9 Å². The first kappa shape index (κ1) is 13.7. The molecule has 0 N–H and O–H groups in total. The van der Waals surface area contributed by atoms with Gasteiger partial charge < -0.3 is 14.4 Å². The predicted octanol–water partition coefficient (Wildman–Crippen LogP) is 1.80. The molecule has 0 atom stereocenters. The first-order chi connectivity index (χ1) is 9.08. The van der Waals surface area contributed by atoms with E-state index >= 15 is 0 Å². The van der Waals surface area contributed by atoms with Crippen LogP contribution in [-0.2, 0) is 4.74 Å². The summed E-state index contributed by atoms with van der Waals surface area (Å²) in [4.78, 5) is 13.7. The van der Waals surface area contributed by atoms with Crippen LogP contribution in [-0.4, -0.2) is 50.1 Å². The molecule has 1 aromatic rings. The summed E-state index contributed by atoms with van der Waals surface area (Å²) < 4.78 is 34.0. The maximum Gasteiger partial charge on any atom is 0.272 e. The van der Waals surface area contributed by atoms with Gasteiger partial charge in [-0.2, -0.15) is 0 Å². The largest absolute Gasteiger partial charge is 0.488 e. The molecular formula is C13H15F2NO3. The third-order valence-corrected chi connectivity index (χ3v) is 2.95. The number of hydrogen-bond acceptors (Lipinski definition) is 3. The molecule has 0 saturated carbocycles. The van der Waals surface area contributed by atoms with E-state index in [4.69, 9.17) is 9.47 Å². The van der Waals surface area contributed by atoms with Gasteiger partial charge >= 0.3 is 0 Å². The summed E-state index contributed by atoms with van der Waals surface area (Å²) in [7, 11) is 1.70. The molecule has 1 amide bonds. The van der Waals surface area contributed by atoms with E-state index in [1.807, 2.05) is 0 Å². The van der Waals surface area contributed by atoms with Crippen molar-refractivity contribution < 1.29 is 23.0 Å². The number of carbonyl (C=O) groups is 1. The zero-order chi connectivity index (χ0) is 13.8. The molecule has 0 aromatic heterocycles. The topological polar surface area (TPSA) is 38.8 Å². The average molecular weight is 271 g/mol. The van der Waals surface area contributed by atoms with Crippen LogP contribution in [0.1, 0.15) is 10.4 Å². The third-order valence-electron chi connectivity index (χ3n) is 2.95. The summed E-state index contributed by atoms with van der Waals surface area (Å²) in [5.74, 6) is 0.0974. The van der Waals surface area contributed by atoms with Crippen molar-refractivity contribution in [2.45, 2.75) is 12.5 Å². The molecule has 1 saturated heterocycles. The highest BCUT2D eigenvalue weighted by atomic mass is 19.3. The number of likely N-dealkylation sites (N-methyl/N-ethyl adjacent to an activating group) is 1. The molecule has 4 nitrogen and oxygen atoms in total. The van der Waals surface area contributed by atoms with Gasteiger partial charge in [-0.15, -0.1) is 0 Å². The maximum atomic E-state index is 12.1. The zero-order valence-corrected chi connectivity index (χ0v) is 10.5. The Kier molecular flexibility index (Phi) is 4.31. The van der Waals surface area contributed by atoms with Crippen molar-refractivity contribution in [3.05, 3.63) is 29.8 Å². The number of nitrogens with zero attached hydrogens (tertiary/aromatic N) is 1. The fourth-order valence-corrected chi connectivity index (χ4v) is 1.69. The Morgan fingerprint density at radius 1 is 1.53 bits per heavy atom. The van der Waals surface area contributed by atoms with E-state index in [1.54, 1.807) is 30.1 Å². The van der Waals surface area contributed by atoms with Gasteiger partial charge in [0.25, 0.3) is 12.3 Å². The van der Waals surface area contributed by atoms with Crippen LogP contribution in [0.4, 0.5) is 8.78 Å². The number of carbonyl (C=O) groups excluding carboxylic acids is 1. The summed E-state index contributed by atoms with van der Waals surface area (Å²) in [6.45, 7) is 0.386. The highest BCUT2D eigenvalue weighted by Gasteiger charge is 2.27. The van der Waals surface area contributed by atoms with Gasteiger partial charge in [0, 0.05) is 12.6 Å². The fourth-order valence-electron chi connectivity index (χ4n) is 1.69. The smallest absolute Gasteiger partial charge is 0.272 e. The summed E-state index contributed by atoms with van der Waals surface area (Å²) in [6.07, 6.45) is -2.53. The van der Waals surface area contributed by atoms with Crippen molar-refractivity contribution in [2.24, 2.45) is 0 Å². The molecule has 19 heavy (non-hydrogen) atoms. The van der Waals surface area contributed by atoms with Crippen LogP contribution in [0.2, 0.25) is 0 Å². The Hall–Kier alpha value is -1.69. The fraction of sp³-hybridized carbons (Fsp3) is 0.462. The van der Waals surface area contributed by atoms with Crippen LogP contribution < -0.4 is 4.74 Å². The Morgan fingerprint density at radius 3 is 2.84 bits per heavy atom. The summed E-state index contributed by atoms with van der Waals surface area (Å²) in [5, 5.41) is 0. The van der Waals surface area contributed by atoms with E-state index in [0.717, 1.165) is 0 Å². The van der Waals surface area contributed by atoms with Gasteiger partial charge in [0.15, 0.2) is 0 Å². The van der Waals surface area contributed by atoms with Gasteiger partial charge in [-0.25, -0.2) is 8.78 Å². The van der Waals surface area contributed by atoms with Crippen LogP contribution >= 0.6 is 0 Å². The van der Waals surface area contributed by atoms with E-state index in [2.05, 4.69) is 0 Å². The normalized spacial score (nSPS) is 15.2. The molecule has 6 heteroatoms. The summed E-state index contributed by atoms with van der Waals surface area (Å²) in [5.41, 5.74) is 0.418. The quantitative estimate of drug-likeness (QED) is 0.819. The molecule has 1 aliphatic rings. The lowest BCUT2D eigenvalue weighted by atomic mass is 10.1. The van der Waals surface area contributed by atoms with Crippen molar-refractivity contribution in [3.63, 3.8) is 0 Å². The molecule has 2 rings (SSSR count). The van der Waals surface area contributed by atoms with Gasteiger partial charge in [0.2, 0.25) is 0 Å². The van der Waals surface area contributed by atoms with Crippen molar-refractivity contribution in [1.82, 2.24) is 4.90 Å². The van der Waals surface area contributed by atoms with Gasteiger partial charge in [0.1, 0.15) is 12.4 Å². The Bertz CT molecular complexity index is 449. The van der Waals surface area contributed by atoms with Crippen molar-refractivity contribution >= 4 is 5.91 Å². The van der Waals surface area contributed by atoms with Crippen LogP contribution in [0.15, 0.2) is 24.3 Å². The molecule has 0 bridgehead atoms. The van der Waals surface area contributed by atoms with Crippen molar-refractivity contribution in [3.8, 4) is 5.75 Å². The number of hydrogen-bond donors (Lipinski definition) is 0. The standard InChI is InChI=1S/C13H15F2NO3/c1-16(10-6-18-7-10)13(17)9-3-2-4-11(5-9)19-8-12(14)15/h2-5,10,12H,6-8H2,1H3. The second-order valence-electron chi connectivity index (χ2n) is 4.34. The minimum atomic E-state index is -2.53. The van der Waals surface area contributed by atoms with E-state index in [-0.39, 0.29) is 17.7 Å². The first-order valence-electron chi connectivity index (χ1n) is 5.94. The Balaban J connectivity index is 2.02. The number of ether oxygens (including phenoxy) is 2. The molecule has 1 heterocycles. The lowest BCUT2D eigenvalue weighted by molar-refractivity contribution is -0.0467. The SMILES string of the molecule is CN(C(=O)c1cccc(OCC(F)F)c1)C1COC1. The van der Waals surface area contributed by atoms with Gasteiger partial charge in [-0.1, -0.05) is 6.07 Å². The summed E-state index contributed by atoms with van der Waals surface area (Å²) in [6, 6.07) is 6.34. The number of amides is 1. The first-order valence-corrected chi connectivity index (χ1v) is 5.94. The van der Waals surface area contributed by atoms with E-state index in [0.29, 0.717) is 18.8 Å². The van der Waals surface area contributed by atoms with Crippen LogP contribution in [0, 0.1) is 0 Å². The van der Waals surface area contributed by atoms with Crippen LogP contribution in [0.3, 0.4) is 0 Å². The maximum absolute atomic E-state index is 12.1. The number of halogens is 2. The summed E-state index contributed by atoms with van der Waals surface area (Å²) >= 11 is 0. The molecule has 0 unspecified atom stereocenters. The predicted molar refractivity (Wildman–Crippen MR) is 64.6 cm³/mol. The number of alkyl halides is 2.